The van der Waals surface area contributed by atoms with Crippen LogP contribution in [0.2, 0.25) is 0 Å². The van der Waals surface area contributed by atoms with E-state index in [1.54, 1.807) is 44.6 Å². The summed E-state index contributed by atoms with van der Waals surface area (Å²) in [5.41, 5.74) is 11.4. The molecule has 0 atom stereocenters. The molecular weight excluding hydrogens is 739 g/mol. The number of amides is 1. The van der Waals surface area contributed by atoms with Gasteiger partial charge in [0.15, 0.2) is 5.75 Å². The lowest BCUT2D eigenvalue weighted by molar-refractivity contribution is 0.102. The van der Waals surface area contributed by atoms with Gasteiger partial charge in [-0.05, 0) is 158 Å². The molecule has 0 bridgehead atoms. The van der Waals surface area contributed by atoms with Gasteiger partial charge in [-0.15, -0.1) is 15.3 Å². The molecule has 0 radical (unpaired) electrons. The first-order valence-electron chi connectivity index (χ1n) is 18.9. The van der Waals surface area contributed by atoms with E-state index in [2.05, 4.69) is 48.1 Å². The Balaban J connectivity index is 1.05. The number of benzene rings is 7. The van der Waals surface area contributed by atoms with Crippen molar-refractivity contribution < 1.29 is 19.4 Å². The van der Waals surface area contributed by atoms with Crippen LogP contribution < -0.4 is 14.8 Å². The van der Waals surface area contributed by atoms with Gasteiger partial charge in [0.25, 0.3) is 5.91 Å². The van der Waals surface area contributed by atoms with Gasteiger partial charge in [-0.25, -0.2) is 0 Å². The second-order valence-electron chi connectivity index (χ2n) is 14.2. The third-order valence-electron chi connectivity index (χ3n) is 9.92. The Morgan fingerprint density at radius 3 is 1.76 bits per heavy atom. The molecule has 0 spiro atoms. The van der Waals surface area contributed by atoms with Crippen LogP contribution in [0.4, 0.5) is 39.8 Å². The molecule has 7 aromatic rings. The van der Waals surface area contributed by atoms with Crippen molar-refractivity contribution in [2.24, 2.45) is 30.7 Å². The molecule has 7 rings (SSSR count). The Morgan fingerprint density at radius 2 is 1.12 bits per heavy atom. The Morgan fingerprint density at radius 1 is 0.525 bits per heavy atom. The van der Waals surface area contributed by atoms with Crippen molar-refractivity contribution in [1.29, 1.82) is 0 Å². The molecule has 2 N–H and O–H groups in total. The fraction of sp³-hybridized carbons (Fsp3) is 0.146. The molecule has 0 fully saturated rings. The van der Waals surface area contributed by atoms with E-state index in [4.69, 9.17) is 9.47 Å². The van der Waals surface area contributed by atoms with Gasteiger partial charge in [0.1, 0.15) is 28.6 Å². The van der Waals surface area contributed by atoms with Crippen molar-refractivity contribution in [3.05, 3.63) is 155 Å². The number of phenolic OH excluding ortho intramolecular Hbond substituents is 1. The molecule has 0 unspecified atom stereocenters. The van der Waals surface area contributed by atoms with Crippen LogP contribution in [0.15, 0.2) is 152 Å². The highest BCUT2D eigenvalue weighted by Gasteiger charge is 2.14. The molecule has 0 aliphatic carbocycles. The van der Waals surface area contributed by atoms with Crippen molar-refractivity contribution >= 4 is 56.5 Å². The van der Waals surface area contributed by atoms with E-state index in [1.165, 1.54) is 0 Å². The number of phenols is 1. The highest BCUT2D eigenvalue weighted by Crippen LogP contribution is 2.41. The smallest absolute Gasteiger partial charge is 0.255 e. The molecule has 59 heavy (non-hydrogen) atoms. The van der Waals surface area contributed by atoms with Gasteiger partial charge in [0, 0.05) is 22.7 Å². The summed E-state index contributed by atoms with van der Waals surface area (Å²) in [5, 5.41) is 42.6. The molecule has 11 heteroatoms. The first-order valence-corrected chi connectivity index (χ1v) is 18.9. The van der Waals surface area contributed by atoms with Crippen molar-refractivity contribution in [3.8, 4) is 28.4 Å². The van der Waals surface area contributed by atoms with Gasteiger partial charge in [-0.1, -0.05) is 36.4 Å². The highest BCUT2D eigenvalue weighted by atomic mass is 16.5. The zero-order valence-corrected chi connectivity index (χ0v) is 33.9. The number of fused-ring (bicyclic) bond motifs is 1. The summed E-state index contributed by atoms with van der Waals surface area (Å²) in [5.74, 6) is 0.990. The number of nitrogens with one attached hydrogen (secondary N) is 1. The summed E-state index contributed by atoms with van der Waals surface area (Å²) in [6, 6.07) is 37.8. The molecule has 11 nitrogen and oxygen atoms in total. The maximum absolute atomic E-state index is 12.7. The van der Waals surface area contributed by atoms with Crippen molar-refractivity contribution in [1.82, 2.24) is 0 Å². The van der Waals surface area contributed by atoms with Gasteiger partial charge in [-0.2, -0.15) is 15.3 Å². The summed E-state index contributed by atoms with van der Waals surface area (Å²) in [7, 11) is 3.20. The number of ether oxygens (including phenoxy) is 2. The molecule has 1 amide bonds. The molecule has 294 valence electrons. The zero-order valence-electron chi connectivity index (χ0n) is 33.9. The Kier molecular flexibility index (Phi) is 11.6. The molecule has 0 aromatic heterocycles. The number of hydrogen-bond acceptors (Lipinski definition) is 10. The maximum Gasteiger partial charge on any atom is 0.255 e. The highest BCUT2D eigenvalue weighted by molar-refractivity contribution is 6.06. The third kappa shape index (κ3) is 8.89. The third-order valence-corrected chi connectivity index (χ3v) is 9.92. The normalized spacial score (nSPS) is 11.6. The molecular formula is C48H43N7O4. The number of nitrogens with zero attached hydrogens (tertiary/aromatic N) is 6. The number of anilines is 1. The summed E-state index contributed by atoms with van der Waals surface area (Å²) in [4.78, 5) is 12.7. The molecule has 0 aliphatic heterocycles. The van der Waals surface area contributed by atoms with Crippen LogP contribution in [0.1, 0.15) is 38.2 Å². The first-order chi connectivity index (χ1) is 28.5. The van der Waals surface area contributed by atoms with E-state index in [-0.39, 0.29) is 11.7 Å². The van der Waals surface area contributed by atoms with Crippen LogP contribution in [0, 0.1) is 34.6 Å². The number of rotatable bonds is 11. The van der Waals surface area contributed by atoms with E-state index < -0.39 is 0 Å². The fourth-order valence-electron chi connectivity index (χ4n) is 6.61. The van der Waals surface area contributed by atoms with Crippen LogP contribution in [-0.2, 0) is 0 Å². The maximum atomic E-state index is 12.7. The molecule has 0 saturated heterocycles. The van der Waals surface area contributed by atoms with Crippen LogP contribution in [0.5, 0.6) is 17.2 Å². The van der Waals surface area contributed by atoms with Crippen LogP contribution in [-0.4, -0.2) is 25.2 Å². The summed E-state index contributed by atoms with van der Waals surface area (Å²) < 4.78 is 11.1. The van der Waals surface area contributed by atoms with E-state index in [0.29, 0.717) is 56.6 Å². The minimum Gasteiger partial charge on any atom is -0.505 e. The summed E-state index contributed by atoms with van der Waals surface area (Å²) in [6.45, 7) is 9.78. The number of azo groups is 3. The van der Waals surface area contributed by atoms with Crippen LogP contribution >= 0.6 is 0 Å². The lowest BCUT2D eigenvalue weighted by Gasteiger charge is -2.11. The Bertz CT molecular complexity index is 2810. The van der Waals surface area contributed by atoms with Crippen LogP contribution in [0.25, 0.3) is 21.9 Å². The van der Waals surface area contributed by atoms with Crippen molar-refractivity contribution in [2.45, 2.75) is 34.6 Å². The van der Waals surface area contributed by atoms with Crippen molar-refractivity contribution in [3.63, 3.8) is 0 Å². The van der Waals surface area contributed by atoms with E-state index in [9.17, 15) is 9.90 Å². The number of carbonyl (C=O) groups excluding carboxylic acids is 1. The quantitative estimate of drug-likeness (QED) is 0.126. The van der Waals surface area contributed by atoms with E-state index in [0.717, 1.165) is 50.0 Å². The predicted molar refractivity (Wildman–Crippen MR) is 234 cm³/mol. The second kappa shape index (κ2) is 17.3. The lowest BCUT2D eigenvalue weighted by atomic mass is 10.00. The predicted octanol–water partition coefficient (Wildman–Crippen LogP) is 14.3. The minimum absolute atomic E-state index is 0.0268. The summed E-state index contributed by atoms with van der Waals surface area (Å²) in [6.07, 6.45) is 0. The topological polar surface area (TPSA) is 142 Å². The van der Waals surface area contributed by atoms with E-state index >= 15 is 0 Å². The Labute approximate surface area is 342 Å². The molecule has 0 aliphatic rings. The van der Waals surface area contributed by atoms with Gasteiger partial charge < -0.3 is 19.9 Å². The van der Waals surface area contributed by atoms with Crippen molar-refractivity contribution in [2.75, 3.05) is 19.5 Å². The van der Waals surface area contributed by atoms with Gasteiger partial charge in [0.2, 0.25) is 0 Å². The lowest BCUT2D eigenvalue weighted by Crippen LogP contribution is -2.11. The fourth-order valence-corrected chi connectivity index (χ4v) is 6.61. The molecule has 0 heterocycles. The van der Waals surface area contributed by atoms with Gasteiger partial charge >= 0.3 is 0 Å². The number of hydrogen-bond donors (Lipinski definition) is 2. The standard InChI is InChI=1S/C48H43N7O4/c1-28-13-20-44(58-6)42(21-28)53-52-41-27-45(59-7)43(25-31(41)4)54-50-39-18-14-34(22-29(39)2)35-15-19-40(30(3)23-35)51-55-46-32(5)24-36-26-37(16-17-38(36)47(46)56)49-48(57)33-11-9-8-10-12-33/h8-27,56H,1-7H3,(H,49,57). The summed E-state index contributed by atoms with van der Waals surface area (Å²) >= 11 is 0. The number of carbonyl (C=O) groups is 1. The van der Waals surface area contributed by atoms with Gasteiger partial charge in [-0.3, -0.25) is 4.79 Å². The number of aromatic hydroxyl groups is 1. The molecule has 7 aromatic carbocycles. The van der Waals surface area contributed by atoms with Gasteiger partial charge in [0.05, 0.1) is 31.3 Å². The first kappa shape index (κ1) is 39.7. The average Bonchev–Trinajstić information content (AvgIpc) is 3.23. The molecule has 0 saturated carbocycles. The van der Waals surface area contributed by atoms with E-state index in [1.807, 2.05) is 113 Å². The Hall–Kier alpha value is -7.53. The second-order valence-corrected chi connectivity index (χ2v) is 14.2. The largest absolute Gasteiger partial charge is 0.505 e. The van der Waals surface area contributed by atoms with Crippen LogP contribution in [0.3, 0.4) is 0 Å². The monoisotopic (exact) mass is 781 g/mol. The average molecular weight is 782 g/mol. The number of aryl methyl sites for hydroxylation is 5. The zero-order chi connectivity index (χ0) is 41.6. The minimum atomic E-state index is -0.205. The number of methoxy groups -OCH3 is 2. The SMILES string of the molecule is COc1ccc(C)cc1N=Nc1cc(OC)c(N=Nc2ccc(-c3ccc(N=Nc4c(C)cc5cc(NC(=O)c6ccccc6)ccc5c4O)c(C)c3)cc2C)cc1C.